The highest BCUT2D eigenvalue weighted by molar-refractivity contribution is 7.99. The maximum Gasteiger partial charge on any atom is 0.234 e. The number of halogens is 2. The third-order valence-corrected chi connectivity index (χ3v) is 5.66. The molecule has 1 N–H and O–H groups in total. The molecule has 2 aromatic carbocycles. The van der Waals surface area contributed by atoms with Gasteiger partial charge in [-0.15, -0.1) is 10.2 Å². The molecule has 0 bridgehead atoms. The lowest BCUT2D eigenvalue weighted by Crippen LogP contribution is -2.14. The van der Waals surface area contributed by atoms with Gasteiger partial charge in [-0.25, -0.2) is 0 Å². The summed E-state index contributed by atoms with van der Waals surface area (Å²) in [5.74, 6) is 1.19. The van der Waals surface area contributed by atoms with Crippen LogP contribution < -0.4 is 10.1 Å². The molecule has 3 rings (SSSR count). The van der Waals surface area contributed by atoms with Crippen molar-refractivity contribution >= 4 is 46.6 Å². The molecule has 0 radical (unpaired) electrons. The fourth-order valence-electron chi connectivity index (χ4n) is 2.58. The van der Waals surface area contributed by atoms with E-state index in [9.17, 15) is 4.79 Å². The van der Waals surface area contributed by atoms with Crippen molar-refractivity contribution in [3.05, 3.63) is 63.9 Å². The van der Waals surface area contributed by atoms with E-state index in [2.05, 4.69) is 15.5 Å². The van der Waals surface area contributed by atoms with Crippen molar-refractivity contribution in [1.82, 2.24) is 14.8 Å². The molecular weight excluding hydrogens is 431 g/mol. The standard InChI is InChI=1S/C20H20Cl2N4O2S/c1-12-4-7-15(8-5-12)23-18(27)11-29-20-25-24-19(26(20)3)13(2)28-17-10-14(21)6-9-16(17)22/h4-10,13H,11H2,1-3H3,(H,23,27). The number of nitrogens with one attached hydrogen (secondary N) is 1. The van der Waals surface area contributed by atoms with E-state index >= 15 is 0 Å². The highest BCUT2D eigenvalue weighted by atomic mass is 35.5. The van der Waals surface area contributed by atoms with Gasteiger partial charge in [0, 0.05) is 23.8 Å². The molecule has 1 amide bonds. The van der Waals surface area contributed by atoms with Gasteiger partial charge in [-0.3, -0.25) is 4.79 Å². The Morgan fingerprint density at radius 3 is 2.66 bits per heavy atom. The number of nitrogens with zero attached hydrogens (tertiary/aromatic N) is 3. The molecule has 1 heterocycles. The van der Waals surface area contributed by atoms with Crippen molar-refractivity contribution in [2.75, 3.05) is 11.1 Å². The highest BCUT2D eigenvalue weighted by Crippen LogP contribution is 2.31. The number of thioether (sulfide) groups is 1. The first-order valence-corrected chi connectivity index (χ1v) is 10.6. The van der Waals surface area contributed by atoms with E-state index in [1.54, 1.807) is 22.8 Å². The summed E-state index contributed by atoms with van der Waals surface area (Å²) in [6, 6.07) is 12.7. The molecule has 9 heteroatoms. The van der Waals surface area contributed by atoms with Crippen LogP contribution in [0.4, 0.5) is 5.69 Å². The largest absolute Gasteiger partial charge is 0.481 e. The fourth-order valence-corrected chi connectivity index (χ4v) is 3.62. The Morgan fingerprint density at radius 2 is 1.93 bits per heavy atom. The third-order valence-electron chi connectivity index (χ3n) is 4.10. The topological polar surface area (TPSA) is 69.0 Å². The van der Waals surface area contributed by atoms with Gasteiger partial charge in [0.2, 0.25) is 5.91 Å². The zero-order valence-corrected chi connectivity index (χ0v) is 18.5. The number of hydrogen-bond donors (Lipinski definition) is 1. The van der Waals surface area contributed by atoms with Gasteiger partial charge in [0.15, 0.2) is 17.1 Å². The summed E-state index contributed by atoms with van der Waals surface area (Å²) in [7, 11) is 1.83. The Morgan fingerprint density at radius 1 is 1.21 bits per heavy atom. The van der Waals surface area contributed by atoms with Gasteiger partial charge < -0.3 is 14.6 Å². The lowest BCUT2D eigenvalue weighted by atomic mass is 10.2. The monoisotopic (exact) mass is 450 g/mol. The second-order valence-electron chi connectivity index (χ2n) is 6.44. The van der Waals surface area contributed by atoms with Crippen molar-refractivity contribution < 1.29 is 9.53 Å². The molecule has 0 aliphatic carbocycles. The van der Waals surface area contributed by atoms with Crippen molar-refractivity contribution in [1.29, 1.82) is 0 Å². The van der Waals surface area contributed by atoms with E-state index in [1.165, 1.54) is 11.8 Å². The number of ether oxygens (including phenoxy) is 1. The molecule has 0 aliphatic rings. The number of amides is 1. The van der Waals surface area contributed by atoms with Crippen LogP contribution in [0.3, 0.4) is 0 Å². The number of benzene rings is 2. The number of aryl methyl sites for hydroxylation is 1. The molecular formula is C20H20Cl2N4O2S. The van der Waals surface area contributed by atoms with Crippen LogP contribution in [0.1, 0.15) is 24.4 Å². The second-order valence-corrected chi connectivity index (χ2v) is 8.22. The minimum atomic E-state index is -0.404. The molecule has 1 aromatic heterocycles. The Kier molecular flexibility index (Phi) is 7.05. The Labute approximate surface area is 183 Å². The number of anilines is 1. The molecule has 0 saturated carbocycles. The van der Waals surface area contributed by atoms with Gasteiger partial charge >= 0.3 is 0 Å². The predicted octanol–water partition coefficient (Wildman–Crippen LogP) is 5.30. The van der Waals surface area contributed by atoms with Crippen molar-refractivity contribution in [2.24, 2.45) is 7.05 Å². The van der Waals surface area contributed by atoms with Crippen LogP contribution in [-0.4, -0.2) is 26.4 Å². The van der Waals surface area contributed by atoms with Crippen molar-refractivity contribution in [2.45, 2.75) is 25.1 Å². The Hall–Kier alpha value is -2.22. The summed E-state index contributed by atoms with van der Waals surface area (Å²) in [6.07, 6.45) is -0.404. The van der Waals surface area contributed by atoms with E-state index in [0.29, 0.717) is 26.8 Å². The van der Waals surface area contributed by atoms with Crippen LogP contribution in [0.25, 0.3) is 0 Å². The van der Waals surface area contributed by atoms with E-state index < -0.39 is 6.10 Å². The van der Waals surface area contributed by atoms with Crippen LogP contribution in [0, 0.1) is 6.92 Å². The predicted molar refractivity (Wildman–Crippen MR) is 117 cm³/mol. The summed E-state index contributed by atoms with van der Waals surface area (Å²) < 4.78 is 7.69. The minimum absolute atomic E-state index is 0.113. The molecule has 0 saturated heterocycles. The average Bonchev–Trinajstić information content (AvgIpc) is 3.05. The van der Waals surface area contributed by atoms with E-state index in [0.717, 1.165) is 11.3 Å². The number of aromatic nitrogens is 3. The average molecular weight is 451 g/mol. The number of hydrogen-bond acceptors (Lipinski definition) is 5. The van der Waals surface area contributed by atoms with Crippen LogP contribution in [0.5, 0.6) is 5.75 Å². The van der Waals surface area contributed by atoms with Gasteiger partial charge in [0.25, 0.3) is 0 Å². The van der Waals surface area contributed by atoms with Gasteiger partial charge in [-0.2, -0.15) is 0 Å². The molecule has 1 unspecified atom stereocenters. The minimum Gasteiger partial charge on any atom is -0.481 e. The highest BCUT2D eigenvalue weighted by Gasteiger charge is 2.19. The Balaban J connectivity index is 1.60. The van der Waals surface area contributed by atoms with Crippen LogP contribution >= 0.6 is 35.0 Å². The molecule has 152 valence electrons. The van der Waals surface area contributed by atoms with E-state index in [4.69, 9.17) is 27.9 Å². The van der Waals surface area contributed by atoms with Crippen LogP contribution in [-0.2, 0) is 11.8 Å². The molecule has 0 fully saturated rings. The van der Waals surface area contributed by atoms with E-state index in [1.807, 2.05) is 45.2 Å². The zero-order valence-electron chi connectivity index (χ0n) is 16.1. The maximum absolute atomic E-state index is 12.2. The SMILES string of the molecule is Cc1ccc(NC(=O)CSc2nnc(C(C)Oc3cc(Cl)ccc3Cl)n2C)cc1. The summed E-state index contributed by atoms with van der Waals surface area (Å²) in [5, 5.41) is 12.8. The summed E-state index contributed by atoms with van der Waals surface area (Å²) >= 11 is 13.5. The van der Waals surface area contributed by atoms with Crippen LogP contribution in [0.2, 0.25) is 10.0 Å². The Bertz CT molecular complexity index is 1010. The zero-order chi connectivity index (χ0) is 21.0. The first-order valence-electron chi connectivity index (χ1n) is 8.84. The number of carbonyl (C=O) groups excluding carboxylic acids is 1. The van der Waals surface area contributed by atoms with E-state index in [-0.39, 0.29) is 11.7 Å². The van der Waals surface area contributed by atoms with Gasteiger partial charge in [0.05, 0.1) is 10.8 Å². The first-order chi connectivity index (χ1) is 13.8. The summed E-state index contributed by atoms with van der Waals surface area (Å²) in [6.45, 7) is 3.85. The molecule has 29 heavy (non-hydrogen) atoms. The van der Waals surface area contributed by atoms with Gasteiger partial charge in [0.1, 0.15) is 5.75 Å². The fraction of sp³-hybridized carbons (Fsp3) is 0.250. The summed E-state index contributed by atoms with van der Waals surface area (Å²) in [4.78, 5) is 12.2. The number of carbonyl (C=O) groups is 1. The maximum atomic E-state index is 12.2. The first kappa shape index (κ1) is 21.5. The summed E-state index contributed by atoms with van der Waals surface area (Å²) in [5.41, 5.74) is 1.90. The number of rotatable bonds is 7. The molecule has 3 aromatic rings. The lowest BCUT2D eigenvalue weighted by molar-refractivity contribution is -0.113. The third kappa shape index (κ3) is 5.65. The lowest BCUT2D eigenvalue weighted by Gasteiger charge is -2.15. The second kappa shape index (κ2) is 9.52. The molecule has 0 aliphatic heterocycles. The van der Waals surface area contributed by atoms with Gasteiger partial charge in [-0.1, -0.05) is 52.7 Å². The normalized spacial score (nSPS) is 11.9. The van der Waals surface area contributed by atoms with Gasteiger partial charge in [-0.05, 0) is 38.1 Å². The molecule has 1 atom stereocenters. The molecule has 6 nitrogen and oxygen atoms in total. The van der Waals surface area contributed by atoms with Crippen molar-refractivity contribution in [3.8, 4) is 5.75 Å². The molecule has 0 spiro atoms. The van der Waals surface area contributed by atoms with Crippen molar-refractivity contribution in [3.63, 3.8) is 0 Å². The van der Waals surface area contributed by atoms with Crippen LogP contribution in [0.15, 0.2) is 47.6 Å². The quantitative estimate of drug-likeness (QED) is 0.494. The smallest absolute Gasteiger partial charge is 0.234 e.